The van der Waals surface area contributed by atoms with Crippen molar-refractivity contribution < 1.29 is 23.9 Å². The first-order valence-corrected chi connectivity index (χ1v) is 11.2. The van der Waals surface area contributed by atoms with Crippen LogP contribution in [0.25, 0.3) is 0 Å². The molecule has 0 heterocycles. The summed E-state index contributed by atoms with van der Waals surface area (Å²) in [6.07, 6.45) is 9.54. The van der Waals surface area contributed by atoms with Gasteiger partial charge < -0.3 is 9.47 Å². The van der Waals surface area contributed by atoms with Gasteiger partial charge in [0.15, 0.2) is 0 Å². The summed E-state index contributed by atoms with van der Waals surface area (Å²) in [5, 5.41) is 0. The van der Waals surface area contributed by atoms with Gasteiger partial charge in [-0.3, -0.25) is 14.4 Å². The first-order valence-electron chi connectivity index (χ1n) is 11.2. The highest BCUT2D eigenvalue weighted by molar-refractivity contribution is 5.84. The van der Waals surface area contributed by atoms with E-state index in [2.05, 4.69) is 0 Å². The zero-order valence-electron chi connectivity index (χ0n) is 17.3. The number of carbonyl (C=O) groups excluding carboxylic acids is 3. The Labute approximate surface area is 167 Å². The first kappa shape index (κ1) is 19.9. The molecule has 0 aromatic rings. The Kier molecular flexibility index (Phi) is 5.30. The Hall–Kier alpha value is -1.39. The van der Waals surface area contributed by atoms with E-state index in [1.54, 1.807) is 6.92 Å². The molecule has 5 aliphatic rings. The average Bonchev–Trinajstić information content (AvgIpc) is 2.59. The van der Waals surface area contributed by atoms with Gasteiger partial charge in [-0.15, -0.1) is 0 Å². The Morgan fingerprint density at radius 3 is 2.25 bits per heavy atom. The van der Waals surface area contributed by atoms with Crippen LogP contribution in [0.5, 0.6) is 0 Å². The van der Waals surface area contributed by atoms with Crippen molar-refractivity contribution in [1.29, 1.82) is 0 Å². The van der Waals surface area contributed by atoms with Crippen molar-refractivity contribution in [3.8, 4) is 0 Å². The highest BCUT2D eigenvalue weighted by atomic mass is 16.6. The maximum atomic E-state index is 12.9. The molecule has 0 amide bonds. The highest BCUT2D eigenvalue weighted by Gasteiger charge is 2.53. The van der Waals surface area contributed by atoms with E-state index >= 15 is 0 Å². The summed E-state index contributed by atoms with van der Waals surface area (Å²) in [4.78, 5) is 37.3. The molecule has 5 saturated carbocycles. The average molecular weight is 391 g/mol. The summed E-state index contributed by atoms with van der Waals surface area (Å²) in [5.74, 6) is 1.67. The van der Waals surface area contributed by atoms with Gasteiger partial charge in [0, 0.05) is 12.8 Å². The van der Waals surface area contributed by atoms with Crippen LogP contribution >= 0.6 is 0 Å². The van der Waals surface area contributed by atoms with Gasteiger partial charge >= 0.3 is 11.9 Å². The SMILES string of the molecule is CCC(C)(CC(=O)OC12CC3CC(CC(C3)C1)C2)C(=O)OC1CCCC(=O)C1. The second-order valence-electron chi connectivity index (χ2n) is 10.3. The number of hydrogen-bond donors (Lipinski definition) is 0. The zero-order chi connectivity index (χ0) is 19.9. The summed E-state index contributed by atoms with van der Waals surface area (Å²) in [6, 6.07) is 0. The zero-order valence-corrected chi connectivity index (χ0v) is 17.3. The topological polar surface area (TPSA) is 69.7 Å². The van der Waals surface area contributed by atoms with E-state index in [0.29, 0.717) is 37.0 Å². The van der Waals surface area contributed by atoms with Crippen LogP contribution in [0.4, 0.5) is 0 Å². The fraction of sp³-hybridized carbons (Fsp3) is 0.870. The Balaban J connectivity index is 1.36. The molecular formula is C23H34O5. The van der Waals surface area contributed by atoms with E-state index in [1.165, 1.54) is 19.3 Å². The third-order valence-electron chi connectivity index (χ3n) is 7.83. The van der Waals surface area contributed by atoms with E-state index < -0.39 is 5.41 Å². The van der Waals surface area contributed by atoms with Crippen LogP contribution in [0, 0.1) is 23.2 Å². The summed E-state index contributed by atoms with van der Waals surface area (Å²) in [5.41, 5.74) is -1.17. The van der Waals surface area contributed by atoms with Gasteiger partial charge in [0.2, 0.25) is 0 Å². The number of Topliss-reactive ketones (excluding diaryl/α,β-unsaturated/α-hetero) is 1. The lowest BCUT2D eigenvalue weighted by molar-refractivity contribution is -0.192. The molecule has 0 aromatic carbocycles. The quantitative estimate of drug-likeness (QED) is 0.630. The number of carbonyl (C=O) groups is 3. The van der Waals surface area contributed by atoms with E-state index in [-0.39, 0.29) is 35.8 Å². The van der Waals surface area contributed by atoms with Crippen molar-refractivity contribution >= 4 is 17.7 Å². The molecule has 0 radical (unpaired) electrons. The fourth-order valence-corrected chi connectivity index (χ4v) is 6.47. The molecule has 0 saturated heterocycles. The van der Waals surface area contributed by atoms with E-state index in [1.807, 2.05) is 6.92 Å². The van der Waals surface area contributed by atoms with Crippen LogP contribution in [0.15, 0.2) is 0 Å². The third kappa shape index (κ3) is 3.99. The summed E-state index contributed by atoms with van der Waals surface area (Å²) in [6.45, 7) is 3.70. The monoisotopic (exact) mass is 390 g/mol. The summed E-state index contributed by atoms with van der Waals surface area (Å²) in [7, 11) is 0. The van der Waals surface area contributed by atoms with Crippen molar-refractivity contribution in [2.45, 2.75) is 103 Å². The summed E-state index contributed by atoms with van der Waals surface area (Å²) >= 11 is 0. The predicted octanol–water partition coefficient (Wildman–Crippen LogP) is 4.36. The number of ether oxygens (including phenoxy) is 2. The summed E-state index contributed by atoms with van der Waals surface area (Å²) < 4.78 is 11.7. The number of rotatable bonds is 6. The van der Waals surface area contributed by atoms with Crippen molar-refractivity contribution in [1.82, 2.24) is 0 Å². The van der Waals surface area contributed by atoms with Crippen molar-refractivity contribution in [3.05, 3.63) is 0 Å². The lowest BCUT2D eigenvalue weighted by Gasteiger charge is -2.55. The number of hydrogen-bond acceptors (Lipinski definition) is 5. The standard InChI is InChI=1S/C23H34O5/c1-3-22(2,21(26)27-19-6-4-5-18(24)10-19)14-20(25)28-23-11-15-7-16(12-23)9-17(8-15)13-23/h15-17,19H,3-14H2,1-2H3. The van der Waals surface area contributed by atoms with Gasteiger partial charge in [0.05, 0.1) is 11.8 Å². The van der Waals surface area contributed by atoms with Crippen LogP contribution in [0.1, 0.15) is 90.9 Å². The molecule has 0 spiro atoms. The number of ketones is 1. The van der Waals surface area contributed by atoms with Crippen molar-refractivity contribution in [2.24, 2.45) is 23.2 Å². The van der Waals surface area contributed by atoms with Gasteiger partial charge in [-0.2, -0.15) is 0 Å². The Morgan fingerprint density at radius 1 is 1.11 bits per heavy atom. The maximum absolute atomic E-state index is 12.9. The molecule has 5 nitrogen and oxygen atoms in total. The molecule has 5 aliphatic carbocycles. The van der Waals surface area contributed by atoms with E-state index in [9.17, 15) is 14.4 Å². The molecular weight excluding hydrogens is 356 g/mol. The molecule has 0 aliphatic heterocycles. The van der Waals surface area contributed by atoms with Crippen molar-refractivity contribution in [2.75, 3.05) is 0 Å². The Bertz CT molecular complexity index is 618. The van der Waals surface area contributed by atoms with Crippen LogP contribution in [-0.2, 0) is 23.9 Å². The minimum absolute atomic E-state index is 0.0603. The van der Waals surface area contributed by atoms with Crippen LogP contribution < -0.4 is 0 Å². The van der Waals surface area contributed by atoms with Gasteiger partial charge in [-0.25, -0.2) is 0 Å². The van der Waals surface area contributed by atoms with Crippen LogP contribution in [0.2, 0.25) is 0 Å². The van der Waals surface area contributed by atoms with Gasteiger partial charge in [-0.05, 0) is 82.5 Å². The smallest absolute Gasteiger partial charge is 0.312 e. The van der Waals surface area contributed by atoms with E-state index in [4.69, 9.17) is 9.47 Å². The molecule has 4 bridgehead atoms. The predicted molar refractivity (Wildman–Crippen MR) is 103 cm³/mol. The van der Waals surface area contributed by atoms with Crippen LogP contribution in [0.3, 0.4) is 0 Å². The first-order chi connectivity index (χ1) is 13.3. The largest absolute Gasteiger partial charge is 0.461 e. The number of esters is 2. The minimum atomic E-state index is -0.889. The lowest BCUT2D eigenvalue weighted by atomic mass is 9.54. The molecule has 5 rings (SSSR count). The molecule has 28 heavy (non-hydrogen) atoms. The fourth-order valence-electron chi connectivity index (χ4n) is 6.47. The van der Waals surface area contributed by atoms with Gasteiger partial charge in [-0.1, -0.05) is 6.92 Å². The second-order valence-corrected chi connectivity index (χ2v) is 10.3. The Morgan fingerprint density at radius 2 is 1.71 bits per heavy atom. The lowest BCUT2D eigenvalue weighted by Crippen LogP contribution is -2.53. The minimum Gasteiger partial charge on any atom is -0.461 e. The molecule has 2 atom stereocenters. The molecule has 156 valence electrons. The molecule has 2 unspecified atom stereocenters. The van der Waals surface area contributed by atoms with Gasteiger partial charge in [0.1, 0.15) is 17.5 Å². The molecule has 5 heteroatoms. The maximum Gasteiger partial charge on any atom is 0.312 e. The van der Waals surface area contributed by atoms with Gasteiger partial charge in [0.25, 0.3) is 0 Å². The third-order valence-corrected chi connectivity index (χ3v) is 7.83. The molecule has 0 N–H and O–H groups in total. The highest BCUT2D eigenvalue weighted by Crippen LogP contribution is 2.57. The normalized spacial score (nSPS) is 38.7. The van der Waals surface area contributed by atoms with Crippen molar-refractivity contribution in [3.63, 3.8) is 0 Å². The van der Waals surface area contributed by atoms with Crippen LogP contribution in [-0.4, -0.2) is 29.4 Å². The molecule has 0 aromatic heterocycles. The van der Waals surface area contributed by atoms with E-state index in [0.717, 1.165) is 32.1 Å². The second kappa shape index (κ2) is 7.46. The molecule has 5 fully saturated rings.